The molecule has 1 aliphatic rings. The van der Waals surface area contributed by atoms with Crippen LogP contribution in [0.15, 0.2) is 30.5 Å². The van der Waals surface area contributed by atoms with Crippen LogP contribution < -0.4 is 5.32 Å². The highest BCUT2D eigenvalue weighted by atomic mass is 14.9. The van der Waals surface area contributed by atoms with Crippen molar-refractivity contribution >= 4 is 16.5 Å². The van der Waals surface area contributed by atoms with Crippen LogP contribution in [0.4, 0.5) is 5.69 Å². The molecule has 0 aliphatic heterocycles. The Morgan fingerprint density at radius 1 is 1.24 bits per heavy atom. The van der Waals surface area contributed by atoms with Gasteiger partial charge in [0.05, 0.1) is 0 Å². The molecule has 2 heteroatoms. The predicted molar refractivity (Wildman–Crippen MR) is 72.4 cm³/mol. The smallest absolute Gasteiger partial charge is 0.0423 e. The third kappa shape index (κ3) is 2.12. The second-order valence-electron chi connectivity index (χ2n) is 4.98. The van der Waals surface area contributed by atoms with Crippen LogP contribution in [0.25, 0.3) is 10.8 Å². The van der Waals surface area contributed by atoms with Crippen LogP contribution in [0.1, 0.15) is 31.4 Å². The summed E-state index contributed by atoms with van der Waals surface area (Å²) in [5.41, 5.74) is 2.35. The van der Waals surface area contributed by atoms with Gasteiger partial charge < -0.3 is 5.32 Å². The average Bonchev–Trinajstić information content (AvgIpc) is 2.83. The number of aromatic nitrogens is 1. The van der Waals surface area contributed by atoms with Gasteiger partial charge in [-0.2, -0.15) is 0 Å². The van der Waals surface area contributed by atoms with E-state index in [-0.39, 0.29) is 0 Å². The number of fused-ring (bicyclic) bond motifs is 1. The second-order valence-corrected chi connectivity index (χ2v) is 4.98. The number of rotatable bonds is 2. The Balaban J connectivity index is 1.99. The molecule has 1 heterocycles. The van der Waals surface area contributed by atoms with Crippen molar-refractivity contribution in [3.8, 4) is 0 Å². The van der Waals surface area contributed by atoms with E-state index in [1.807, 2.05) is 13.1 Å². The molecular formula is C15H18N2. The quantitative estimate of drug-likeness (QED) is 0.840. The SMILES string of the molecule is Cc1cc2c(NC3CCCC3)cccc2cn1. The summed E-state index contributed by atoms with van der Waals surface area (Å²) in [6, 6.07) is 9.25. The maximum absolute atomic E-state index is 4.35. The van der Waals surface area contributed by atoms with Gasteiger partial charge >= 0.3 is 0 Å². The molecule has 0 saturated heterocycles. The van der Waals surface area contributed by atoms with E-state index in [1.165, 1.54) is 42.1 Å². The Morgan fingerprint density at radius 3 is 2.88 bits per heavy atom. The lowest BCUT2D eigenvalue weighted by atomic mass is 10.1. The summed E-state index contributed by atoms with van der Waals surface area (Å²) in [4.78, 5) is 4.35. The molecule has 1 aromatic heterocycles. The third-order valence-electron chi connectivity index (χ3n) is 3.62. The average molecular weight is 226 g/mol. The molecular weight excluding hydrogens is 208 g/mol. The molecule has 88 valence electrons. The normalized spacial score (nSPS) is 16.5. The molecule has 0 radical (unpaired) electrons. The molecule has 1 aliphatic carbocycles. The first-order chi connectivity index (χ1) is 8.33. The third-order valence-corrected chi connectivity index (χ3v) is 3.62. The van der Waals surface area contributed by atoms with Gasteiger partial charge in [-0.15, -0.1) is 0 Å². The van der Waals surface area contributed by atoms with Gasteiger partial charge in [0.15, 0.2) is 0 Å². The minimum absolute atomic E-state index is 0.661. The van der Waals surface area contributed by atoms with Gasteiger partial charge in [0.2, 0.25) is 0 Å². The molecule has 0 unspecified atom stereocenters. The molecule has 1 N–H and O–H groups in total. The molecule has 17 heavy (non-hydrogen) atoms. The maximum atomic E-state index is 4.35. The summed E-state index contributed by atoms with van der Waals surface area (Å²) in [7, 11) is 0. The lowest BCUT2D eigenvalue weighted by molar-refractivity contribution is 0.756. The van der Waals surface area contributed by atoms with Crippen molar-refractivity contribution in [2.45, 2.75) is 38.6 Å². The van der Waals surface area contributed by atoms with Crippen LogP contribution >= 0.6 is 0 Å². The van der Waals surface area contributed by atoms with Gasteiger partial charge in [0.1, 0.15) is 0 Å². The fourth-order valence-electron chi connectivity index (χ4n) is 2.69. The Hall–Kier alpha value is -1.57. The zero-order chi connectivity index (χ0) is 11.7. The molecule has 2 aromatic rings. The van der Waals surface area contributed by atoms with E-state index in [2.05, 4.69) is 34.6 Å². The number of nitrogens with one attached hydrogen (secondary N) is 1. The van der Waals surface area contributed by atoms with Crippen molar-refractivity contribution in [1.29, 1.82) is 0 Å². The number of benzene rings is 1. The van der Waals surface area contributed by atoms with E-state index in [4.69, 9.17) is 0 Å². The minimum Gasteiger partial charge on any atom is -0.382 e. The largest absolute Gasteiger partial charge is 0.382 e. The number of aryl methyl sites for hydroxylation is 1. The molecule has 3 rings (SSSR count). The number of nitrogens with zero attached hydrogens (tertiary/aromatic N) is 1. The van der Waals surface area contributed by atoms with Crippen molar-refractivity contribution in [1.82, 2.24) is 4.98 Å². The van der Waals surface area contributed by atoms with Crippen molar-refractivity contribution in [2.24, 2.45) is 0 Å². The molecule has 2 nitrogen and oxygen atoms in total. The Labute approximate surface area is 102 Å². The molecule has 0 bridgehead atoms. The minimum atomic E-state index is 0.661. The monoisotopic (exact) mass is 226 g/mol. The fourth-order valence-corrected chi connectivity index (χ4v) is 2.69. The molecule has 1 fully saturated rings. The molecule has 0 atom stereocenters. The summed E-state index contributed by atoms with van der Waals surface area (Å²) in [5.74, 6) is 0. The summed E-state index contributed by atoms with van der Waals surface area (Å²) in [5, 5.41) is 6.20. The van der Waals surface area contributed by atoms with Gasteiger partial charge in [-0.1, -0.05) is 25.0 Å². The Bertz CT molecular complexity index is 527. The molecule has 0 spiro atoms. The van der Waals surface area contributed by atoms with Gasteiger partial charge in [-0.3, -0.25) is 4.98 Å². The van der Waals surface area contributed by atoms with Crippen molar-refractivity contribution < 1.29 is 0 Å². The number of hydrogen-bond donors (Lipinski definition) is 1. The van der Waals surface area contributed by atoms with Crippen LogP contribution in [0.3, 0.4) is 0 Å². The zero-order valence-electron chi connectivity index (χ0n) is 10.2. The summed E-state index contributed by atoms with van der Waals surface area (Å²) in [6.45, 7) is 2.05. The van der Waals surface area contributed by atoms with Crippen molar-refractivity contribution in [3.63, 3.8) is 0 Å². The Kier molecular flexibility index (Phi) is 2.71. The Morgan fingerprint density at radius 2 is 2.06 bits per heavy atom. The highest BCUT2D eigenvalue weighted by Crippen LogP contribution is 2.27. The van der Waals surface area contributed by atoms with Crippen molar-refractivity contribution in [3.05, 3.63) is 36.2 Å². The highest BCUT2D eigenvalue weighted by Gasteiger charge is 2.15. The lowest BCUT2D eigenvalue weighted by Gasteiger charge is -2.15. The van der Waals surface area contributed by atoms with E-state index in [0.29, 0.717) is 6.04 Å². The topological polar surface area (TPSA) is 24.9 Å². The van der Waals surface area contributed by atoms with E-state index in [9.17, 15) is 0 Å². The number of anilines is 1. The van der Waals surface area contributed by atoms with Gasteiger partial charge in [-0.25, -0.2) is 0 Å². The fraction of sp³-hybridized carbons (Fsp3) is 0.400. The maximum Gasteiger partial charge on any atom is 0.0423 e. The van der Waals surface area contributed by atoms with E-state index >= 15 is 0 Å². The summed E-state index contributed by atoms with van der Waals surface area (Å²) >= 11 is 0. The summed E-state index contributed by atoms with van der Waals surface area (Å²) < 4.78 is 0. The van der Waals surface area contributed by atoms with E-state index in [0.717, 1.165) is 5.69 Å². The van der Waals surface area contributed by atoms with Crippen LogP contribution in [0.2, 0.25) is 0 Å². The van der Waals surface area contributed by atoms with Gasteiger partial charge in [0, 0.05) is 34.4 Å². The first kappa shape index (κ1) is 10.6. The van der Waals surface area contributed by atoms with Gasteiger partial charge in [-0.05, 0) is 31.9 Å². The highest BCUT2D eigenvalue weighted by molar-refractivity contribution is 5.93. The van der Waals surface area contributed by atoms with Crippen LogP contribution in [0, 0.1) is 6.92 Å². The van der Waals surface area contributed by atoms with Crippen LogP contribution in [0.5, 0.6) is 0 Å². The van der Waals surface area contributed by atoms with Gasteiger partial charge in [0.25, 0.3) is 0 Å². The van der Waals surface area contributed by atoms with Crippen LogP contribution in [-0.2, 0) is 0 Å². The van der Waals surface area contributed by atoms with Crippen LogP contribution in [-0.4, -0.2) is 11.0 Å². The van der Waals surface area contributed by atoms with E-state index in [1.54, 1.807) is 0 Å². The lowest BCUT2D eigenvalue weighted by Crippen LogP contribution is -2.14. The molecule has 1 saturated carbocycles. The number of hydrogen-bond acceptors (Lipinski definition) is 2. The molecule has 0 amide bonds. The first-order valence-electron chi connectivity index (χ1n) is 6.45. The first-order valence-corrected chi connectivity index (χ1v) is 6.45. The number of pyridine rings is 1. The molecule has 1 aromatic carbocycles. The summed E-state index contributed by atoms with van der Waals surface area (Å²) in [6.07, 6.45) is 7.30. The zero-order valence-corrected chi connectivity index (χ0v) is 10.2. The predicted octanol–water partition coefficient (Wildman–Crippen LogP) is 3.90. The second kappa shape index (κ2) is 4.36. The van der Waals surface area contributed by atoms with Crippen molar-refractivity contribution in [2.75, 3.05) is 5.32 Å². The van der Waals surface area contributed by atoms with E-state index < -0.39 is 0 Å². The standard InChI is InChI=1S/C15H18N2/c1-11-9-14-12(10-16-11)5-4-8-15(14)17-13-6-2-3-7-13/h4-5,8-10,13,17H,2-3,6-7H2,1H3.